The van der Waals surface area contributed by atoms with Gasteiger partial charge in [-0.05, 0) is 57.4 Å². The molecule has 1 unspecified atom stereocenters. The number of ether oxygens (including phenoxy) is 1. The molecule has 1 aromatic heterocycles. The maximum atomic E-state index is 13.6. The molecule has 0 radical (unpaired) electrons. The van der Waals surface area contributed by atoms with Crippen molar-refractivity contribution in [2.75, 3.05) is 18.5 Å². The number of carbonyl (C=O) groups is 2. The molecule has 2 heterocycles. The topological polar surface area (TPSA) is 116 Å². The molecule has 1 atom stereocenters. The molecule has 3 rings (SSSR count). The van der Waals surface area contributed by atoms with Crippen LogP contribution in [-0.2, 0) is 11.8 Å². The van der Waals surface area contributed by atoms with Crippen molar-refractivity contribution in [3.8, 4) is 6.07 Å². The molecular weight excluding hydrogens is 415 g/mol. The third-order valence-electron chi connectivity index (χ3n) is 6.07. The highest BCUT2D eigenvalue weighted by molar-refractivity contribution is 6.09. The molecule has 1 aliphatic rings. The zero-order valence-electron chi connectivity index (χ0n) is 18.6. The summed E-state index contributed by atoms with van der Waals surface area (Å²) in [4.78, 5) is 26.1. The second-order valence-electron chi connectivity index (χ2n) is 8.34. The molecule has 8 nitrogen and oxygen atoms in total. The number of ketones is 1. The van der Waals surface area contributed by atoms with Crippen molar-refractivity contribution >= 4 is 17.4 Å². The fourth-order valence-corrected chi connectivity index (χ4v) is 4.04. The zero-order chi connectivity index (χ0) is 23.6. The van der Waals surface area contributed by atoms with Crippen LogP contribution in [0.15, 0.2) is 18.2 Å². The van der Waals surface area contributed by atoms with Gasteiger partial charge in [0, 0.05) is 37.2 Å². The first-order chi connectivity index (χ1) is 15.1. The number of Topliss-reactive ketones (excluding diaryl/α,β-unsaturated/α-hetero) is 1. The molecule has 9 heteroatoms. The Morgan fingerprint density at radius 1 is 1.31 bits per heavy atom. The Balaban J connectivity index is 1.85. The molecule has 1 amide bonds. The van der Waals surface area contributed by atoms with Crippen LogP contribution in [0.1, 0.15) is 57.4 Å². The predicted molar refractivity (Wildman–Crippen MR) is 116 cm³/mol. The Hall–Kier alpha value is -3.06. The maximum Gasteiger partial charge on any atom is 0.257 e. The lowest BCUT2D eigenvalue weighted by Crippen LogP contribution is -2.54. The maximum absolute atomic E-state index is 13.6. The van der Waals surface area contributed by atoms with E-state index in [0.717, 1.165) is 6.07 Å². The van der Waals surface area contributed by atoms with Gasteiger partial charge in [-0.1, -0.05) is 0 Å². The van der Waals surface area contributed by atoms with E-state index in [1.165, 1.54) is 12.1 Å². The molecule has 1 fully saturated rings. The van der Waals surface area contributed by atoms with Crippen molar-refractivity contribution in [1.29, 1.82) is 5.26 Å². The molecule has 0 spiro atoms. The highest BCUT2D eigenvalue weighted by Gasteiger charge is 2.34. The molecule has 0 bridgehead atoms. The van der Waals surface area contributed by atoms with Gasteiger partial charge < -0.3 is 19.7 Å². The number of rotatable bonds is 6. The number of nitrogens with zero attached hydrogens (tertiary/aromatic N) is 2. The lowest BCUT2D eigenvalue weighted by Gasteiger charge is -2.36. The SMILES string of the molecule is Cc1c(C(=O)Nc2ccc(F)c(C#N)c2)c(C)n(C)c1C(=O)C(O)NC1(C)CCOCC1. The number of aliphatic hydroxyl groups excluding tert-OH is 1. The summed E-state index contributed by atoms with van der Waals surface area (Å²) in [5.41, 5.74) is 1.11. The Morgan fingerprint density at radius 3 is 2.59 bits per heavy atom. The van der Waals surface area contributed by atoms with E-state index in [9.17, 15) is 19.1 Å². The number of carbonyl (C=O) groups excluding carboxylic acids is 2. The van der Waals surface area contributed by atoms with E-state index in [1.807, 2.05) is 6.92 Å². The third-order valence-corrected chi connectivity index (χ3v) is 6.07. The summed E-state index contributed by atoms with van der Waals surface area (Å²) in [7, 11) is 1.65. The van der Waals surface area contributed by atoms with Crippen LogP contribution in [0.2, 0.25) is 0 Å². The second kappa shape index (κ2) is 9.20. The number of aliphatic hydroxyl groups is 1. The second-order valence-corrected chi connectivity index (χ2v) is 8.34. The van der Waals surface area contributed by atoms with Gasteiger partial charge in [0.1, 0.15) is 11.9 Å². The van der Waals surface area contributed by atoms with E-state index >= 15 is 0 Å². The van der Waals surface area contributed by atoms with Crippen molar-refractivity contribution in [3.05, 3.63) is 52.1 Å². The zero-order valence-corrected chi connectivity index (χ0v) is 18.6. The fourth-order valence-electron chi connectivity index (χ4n) is 4.04. The Labute approximate surface area is 186 Å². The summed E-state index contributed by atoms with van der Waals surface area (Å²) in [5.74, 6) is -1.71. The molecule has 32 heavy (non-hydrogen) atoms. The predicted octanol–water partition coefficient (Wildman–Crippen LogP) is 2.56. The average molecular weight is 442 g/mol. The minimum absolute atomic E-state index is 0.184. The van der Waals surface area contributed by atoms with Crippen molar-refractivity contribution in [2.45, 2.75) is 45.4 Å². The highest BCUT2D eigenvalue weighted by Crippen LogP contribution is 2.26. The highest BCUT2D eigenvalue weighted by atomic mass is 19.1. The standard InChI is InChI=1S/C23H27FN4O4/c1-13-18(21(30)26-16-5-6-17(24)15(11-16)12-25)14(2)28(4)19(13)20(29)22(31)27-23(3)7-9-32-10-8-23/h5-6,11,22,27,31H,7-10H2,1-4H3,(H,26,30). The van der Waals surface area contributed by atoms with Gasteiger partial charge in [0.2, 0.25) is 5.78 Å². The molecular formula is C23H27FN4O4. The van der Waals surface area contributed by atoms with E-state index < -0.39 is 29.3 Å². The third kappa shape index (κ3) is 4.58. The number of hydrogen-bond acceptors (Lipinski definition) is 6. The van der Waals surface area contributed by atoms with Gasteiger partial charge in [0.25, 0.3) is 5.91 Å². The van der Waals surface area contributed by atoms with E-state index in [0.29, 0.717) is 37.3 Å². The minimum Gasteiger partial charge on any atom is -0.381 e. The molecule has 1 saturated heterocycles. The summed E-state index contributed by atoms with van der Waals surface area (Å²) in [6, 6.07) is 5.44. The van der Waals surface area contributed by atoms with Gasteiger partial charge >= 0.3 is 0 Å². The smallest absolute Gasteiger partial charge is 0.257 e. The van der Waals surface area contributed by atoms with Gasteiger partial charge in [-0.25, -0.2) is 4.39 Å². The number of aromatic nitrogens is 1. The van der Waals surface area contributed by atoms with Gasteiger partial charge in [-0.3, -0.25) is 14.9 Å². The van der Waals surface area contributed by atoms with Gasteiger partial charge in [0.05, 0.1) is 16.8 Å². The van der Waals surface area contributed by atoms with E-state index in [4.69, 9.17) is 10.00 Å². The molecule has 1 aromatic carbocycles. The Morgan fingerprint density at radius 2 is 1.97 bits per heavy atom. The van der Waals surface area contributed by atoms with Crippen LogP contribution in [0.3, 0.4) is 0 Å². The molecule has 3 N–H and O–H groups in total. The summed E-state index contributed by atoms with van der Waals surface area (Å²) in [6.07, 6.45) is -0.104. The largest absolute Gasteiger partial charge is 0.381 e. The molecule has 1 aliphatic heterocycles. The lowest BCUT2D eigenvalue weighted by molar-refractivity contribution is 0.0134. The number of hydrogen-bond donors (Lipinski definition) is 3. The van der Waals surface area contributed by atoms with Gasteiger partial charge in [-0.15, -0.1) is 0 Å². The molecule has 0 aliphatic carbocycles. The number of nitrogens with one attached hydrogen (secondary N) is 2. The minimum atomic E-state index is -1.43. The van der Waals surface area contributed by atoms with Gasteiger partial charge in [0.15, 0.2) is 6.23 Å². The van der Waals surface area contributed by atoms with Crippen molar-refractivity contribution in [1.82, 2.24) is 9.88 Å². The monoisotopic (exact) mass is 442 g/mol. The van der Waals surface area contributed by atoms with Crippen LogP contribution < -0.4 is 10.6 Å². The number of anilines is 1. The van der Waals surface area contributed by atoms with Crippen LogP contribution in [-0.4, -0.2) is 46.3 Å². The first-order valence-corrected chi connectivity index (χ1v) is 10.3. The molecule has 0 saturated carbocycles. The van der Waals surface area contributed by atoms with Crippen LogP contribution in [0.5, 0.6) is 0 Å². The van der Waals surface area contributed by atoms with Crippen LogP contribution in [0.25, 0.3) is 0 Å². The van der Waals surface area contributed by atoms with E-state index in [1.54, 1.807) is 31.5 Å². The average Bonchev–Trinajstić information content (AvgIpc) is 2.97. The number of nitriles is 1. The van der Waals surface area contributed by atoms with Crippen LogP contribution in [0.4, 0.5) is 10.1 Å². The van der Waals surface area contributed by atoms with Crippen LogP contribution >= 0.6 is 0 Å². The van der Waals surface area contributed by atoms with Crippen molar-refractivity contribution in [3.63, 3.8) is 0 Å². The summed E-state index contributed by atoms with van der Waals surface area (Å²) in [6.45, 7) is 6.38. The molecule has 170 valence electrons. The quantitative estimate of drug-likeness (QED) is 0.468. The summed E-state index contributed by atoms with van der Waals surface area (Å²) >= 11 is 0. The Bertz CT molecular complexity index is 1100. The first-order valence-electron chi connectivity index (χ1n) is 10.3. The van der Waals surface area contributed by atoms with Crippen LogP contribution in [0, 0.1) is 31.0 Å². The fraction of sp³-hybridized carbons (Fsp3) is 0.435. The summed E-state index contributed by atoms with van der Waals surface area (Å²) < 4.78 is 20.5. The Kier molecular flexibility index (Phi) is 6.79. The number of benzene rings is 1. The van der Waals surface area contributed by atoms with Gasteiger partial charge in [-0.2, -0.15) is 5.26 Å². The number of amides is 1. The summed E-state index contributed by atoms with van der Waals surface area (Å²) in [5, 5.41) is 25.3. The van der Waals surface area contributed by atoms with E-state index in [2.05, 4.69) is 10.6 Å². The van der Waals surface area contributed by atoms with Crippen molar-refractivity contribution in [2.24, 2.45) is 7.05 Å². The first kappa shape index (κ1) is 23.6. The van der Waals surface area contributed by atoms with Crippen molar-refractivity contribution < 1.29 is 23.8 Å². The molecule has 2 aromatic rings. The lowest BCUT2D eigenvalue weighted by atomic mass is 9.92. The van der Waals surface area contributed by atoms with E-state index in [-0.39, 0.29) is 22.5 Å². The normalized spacial score (nSPS) is 16.3. The number of halogens is 1.